The topological polar surface area (TPSA) is 95.7 Å². The predicted molar refractivity (Wildman–Crippen MR) is 163 cm³/mol. The van der Waals surface area contributed by atoms with Crippen molar-refractivity contribution < 1.29 is 19.4 Å². The number of carboxylic acid groups (broad SMARTS) is 1. The molecule has 1 aliphatic heterocycles. The number of aliphatic carboxylic acids is 1. The second-order valence-corrected chi connectivity index (χ2v) is 12.0. The fourth-order valence-electron chi connectivity index (χ4n) is 6.35. The lowest BCUT2D eigenvalue weighted by molar-refractivity contribution is -0.142. The van der Waals surface area contributed by atoms with Gasteiger partial charge in [0.2, 0.25) is 5.88 Å². The Labute approximate surface area is 249 Å². The number of aromatic nitrogens is 1. The quantitative estimate of drug-likeness (QED) is 0.263. The van der Waals surface area contributed by atoms with Crippen LogP contribution < -0.4 is 9.47 Å². The van der Waals surface area contributed by atoms with Gasteiger partial charge < -0.3 is 14.6 Å². The zero-order chi connectivity index (χ0) is 30.0. The van der Waals surface area contributed by atoms with E-state index >= 15 is 0 Å². The summed E-state index contributed by atoms with van der Waals surface area (Å²) in [4.78, 5) is 18.5. The summed E-state index contributed by atoms with van der Waals surface area (Å²) in [7, 11) is 1.58. The van der Waals surface area contributed by atoms with Gasteiger partial charge in [-0.2, -0.15) is 5.26 Å². The van der Waals surface area contributed by atoms with Gasteiger partial charge in [0, 0.05) is 30.4 Å². The largest absolute Gasteiger partial charge is 0.485 e. The third kappa shape index (κ3) is 6.15. The molecule has 7 nitrogen and oxygen atoms in total. The van der Waals surface area contributed by atoms with Crippen molar-refractivity contribution in [3.63, 3.8) is 0 Å². The Kier molecular flexibility index (Phi) is 8.84. The van der Waals surface area contributed by atoms with E-state index < -0.39 is 11.9 Å². The highest BCUT2D eigenvalue weighted by Crippen LogP contribution is 2.48. The SMILES string of the molecule is CCN(Cc1cc([C@@H]2CCc3ccc(C(C4CC4)[C@H](C)C(=O)O)cc3O2)ccc1-c1cc(OC)ncc1C#N)C(C)C. The van der Waals surface area contributed by atoms with Crippen molar-refractivity contribution in [1.82, 2.24) is 9.88 Å². The third-order valence-electron chi connectivity index (χ3n) is 8.99. The molecular formula is C35H41N3O4. The van der Waals surface area contributed by atoms with Gasteiger partial charge in [-0.05, 0) is 91.8 Å². The van der Waals surface area contributed by atoms with E-state index in [9.17, 15) is 15.2 Å². The normalized spacial score (nSPS) is 17.7. The van der Waals surface area contributed by atoms with Gasteiger partial charge in [0.1, 0.15) is 17.9 Å². The Morgan fingerprint density at radius 3 is 2.57 bits per heavy atom. The molecule has 2 aromatic carbocycles. The summed E-state index contributed by atoms with van der Waals surface area (Å²) < 4.78 is 12.1. The predicted octanol–water partition coefficient (Wildman–Crippen LogP) is 7.14. The van der Waals surface area contributed by atoms with Crippen molar-refractivity contribution in [1.29, 1.82) is 5.26 Å². The molecule has 220 valence electrons. The molecule has 1 aromatic heterocycles. The lowest BCUT2D eigenvalue weighted by Gasteiger charge is -2.30. The maximum Gasteiger partial charge on any atom is 0.306 e. The number of rotatable bonds is 11. The van der Waals surface area contributed by atoms with Crippen LogP contribution in [0.5, 0.6) is 11.6 Å². The zero-order valence-corrected chi connectivity index (χ0v) is 25.3. The molecule has 42 heavy (non-hydrogen) atoms. The number of ether oxygens (including phenoxy) is 2. The molecule has 1 fully saturated rings. The summed E-state index contributed by atoms with van der Waals surface area (Å²) in [6.07, 6.45) is 5.38. The molecule has 0 bridgehead atoms. The number of hydrogen-bond donors (Lipinski definition) is 1. The first-order valence-electron chi connectivity index (χ1n) is 15.1. The van der Waals surface area contributed by atoms with Crippen LogP contribution in [0.1, 0.15) is 86.8 Å². The first-order valence-corrected chi connectivity index (χ1v) is 15.1. The average molecular weight is 568 g/mol. The van der Waals surface area contributed by atoms with Crippen molar-refractivity contribution in [2.75, 3.05) is 13.7 Å². The molecule has 5 rings (SSSR count). The van der Waals surface area contributed by atoms with Gasteiger partial charge in [-0.1, -0.05) is 44.2 Å². The Bertz CT molecular complexity index is 1490. The summed E-state index contributed by atoms with van der Waals surface area (Å²) >= 11 is 0. The van der Waals surface area contributed by atoms with Crippen LogP contribution in [0.3, 0.4) is 0 Å². The molecule has 3 aromatic rings. The maximum absolute atomic E-state index is 11.9. The number of carbonyl (C=O) groups is 1. The molecule has 2 heterocycles. The van der Waals surface area contributed by atoms with Gasteiger partial charge in [0.25, 0.3) is 0 Å². The monoisotopic (exact) mass is 567 g/mol. The fourth-order valence-corrected chi connectivity index (χ4v) is 6.35. The van der Waals surface area contributed by atoms with Crippen LogP contribution in [0.15, 0.2) is 48.7 Å². The van der Waals surface area contributed by atoms with Gasteiger partial charge >= 0.3 is 5.97 Å². The molecular weight excluding hydrogens is 526 g/mol. The van der Waals surface area contributed by atoms with E-state index in [1.165, 1.54) is 5.56 Å². The van der Waals surface area contributed by atoms with E-state index in [0.29, 0.717) is 23.4 Å². The second kappa shape index (κ2) is 12.5. The number of methoxy groups -OCH3 is 1. The minimum Gasteiger partial charge on any atom is -0.485 e. The van der Waals surface area contributed by atoms with E-state index in [4.69, 9.17) is 9.47 Å². The summed E-state index contributed by atoms with van der Waals surface area (Å²) in [5.74, 6) is 0.588. The number of fused-ring (bicyclic) bond motifs is 1. The van der Waals surface area contributed by atoms with Crippen LogP contribution >= 0.6 is 0 Å². The molecule has 3 atom stereocenters. The number of aryl methyl sites for hydroxylation is 1. The molecule has 1 aliphatic carbocycles. The Morgan fingerprint density at radius 1 is 1.14 bits per heavy atom. The molecule has 1 saturated carbocycles. The molecule has 0 radical (unpaired) electrons. The standard InChI is InChI=1S/C35H41N3O4/c1-6-38(21(2)3)20-27-15-25(11-13-29(27)30-17-33(41-5)37-19-28(30)18-36)31-14-12-23-7-10-26(16-32(23)42-31)34(24-8-9-24)22(4)35(39)40/h7,10-11,13,15-17,19,21-22,24,31,34H,6,8-9,12,14,20H2,1-5H3,(H,39,40)/t22-,31-,34?/m0/s1. The van der Waals surface area contributed by atoms with E-state index in [1.54, 1.807) is 13.3 Å². The van der Waals surface area contributed by atoms with Crippen LogP contribution in [0.25, 0.3) is 11.1 Å². The summed E-state index contributed by atoms with van der Waals surface area (Å²) in [6, 6.07) is 17.3. The van der Waals surface area contributed by atoms with E-state index in [2.05, 4.69) is 73.1 Å². The van der Waals surface area contributed by atoms with E-state index in [1.807, 2.05) is 13.0 Å². The number of hydrogen-bond acceptors (Lipinski definition) is 6. The van der Waals surface area contributed by atoms with Gasteiger partial charge in [0.05, 0.1) is 18.6 Å². The van der Waals surface area contributed by atoms with Gasteiger partial charge in [-0.3, -0.25) is 9.69 Å². The summed E-state index contributed by atoms with van der Waals surface area (Å²) in [6.45, 7) is 10.0. The van der Waals surface area contributed by atoms with Crippen LogP contribution in [0, 0.1) is 23.2 Å². The Balaban J connectivity index is 1.50. The number of carboxylic acids is 1. The van der Waals surface area contributed by atoms with Crippen molar-refractivity contribution in [2.24, 2.45) is 11.8 Å². The number of pyridine rings is 1. The van der Waals surface area contributed by atoms with Gasteiger partial charge in [-0.15, -0.1) is 0 Å². The lowest BCUT2D eigenvalue weighted by Crippen LogP contribution is -2.30. The molecule has 2 aliphatic rings. The van der Waals surface area contributed by atoms with E-state index in [0.717, 1.165) is 72.3 Å². The van der Waals surface area contributed by atoms with Crippen LogP contribution in [0.2, 0.25) is 0 Å². The third-order valence-corrected chi connectivity index (χ3v) is 8.99. The second-order valence-electron chi connectivity index (χ2n) is 12.0. The lowest BCUT2D eigenvalue weighted by atomic mass is 9.82. The highest BCUT2D eigenvalue weighted by atomic mass is 16.5. The minimum atomic E-state index is -0.745. The van der Waals surface area contributed by atoms with E-state index in [-0.39, 0.29) is 12.0 Å². The Morgan fingerprint density at radius 2 is 1.93 bits per heavy atom. The molecule has 0 spiro atoms. The molecule has 0 amide bonds. The van der Waals surface area contributed by atoms with Crippen molar-refractivity contribution in [2.45, 2.75) is 78.0 Å². The minimum absolute atomic E-state index is 0.00501. The van der Waals surface area contributed by atoms with Gasteiger partial charge in [0.15, 0.2) is 0 Å². The molecule has 7 heteroatoms. The van der Waals surface area contributed by atoms with Crippen LogP contribution in [-0.2, 0) is 17.8 Å². The van der Waals surface area contributed by atoms with Crippen molar-refractivity contribution in [3.05, 3.63) is 76.5 Å². The van der Waals surface area contributed by atoms with Crippen LogP contribution in [0.4, 0.5) is 0 Å². The number of nitrogens with zero attached hydrogens (tertiary/aromatic N) is 3. The molecule has 1 unspecified atom stereocenters. The number of benzene rings is 2. The first-order chi connectivity index (χ1) is 20.2. The average Bonchev–Trinajstić information content (AvgIpc) is 3.84. The highest BCUT2D eigenvalue weighted by Gasteiger charge is 2.39. The Hall–Kier alpha value is -3.89. The molecule has 0 saturated heterocycles. The number of nitriles is 1. The molecule has 1 N–H and O–H groups in total. The maximum atomic E-state index is 11.9. The van der Waals surface area contributed by atoms with Crippen molar-refractivity contribution >= 4 is 5.97 Å². The van der Waals surface area contributed by atoms with Crippen LogP contribution in [-0.4, -0.2) is 40.7 Å². The smallest absolute Gasteiger partial charge is 0.306 e. The van der Waals surface area contributed by atoms with Gasteiger partial charge in [-0.25, -0.2) is 4.98 Å². The summed E-state index contributed by atoms with van der Waals surface area (Å²) in [5, 5.41) is 19.6. The van der Waals surface area contributed by atoms with Crippen molar-refractivity contribution in [3.8, 4) is 28.8 Å². The highest BCUT2D eigenvalue weighted by molar-refractivity contribution is 5.74. The summed E-state index contributed by atoms with van der Waals surface area (Å²) in [5.41, 5.74) is 6.76. The zero-order valence-electron chi connectivity index (χ0n) is 25.3. The fraction of sp³-hybridized carbons (Fsp3) is 0.457. The first kappa shape index (κ1) is 29.6.